The lowest BCUT2D eigenvalue weighted by atomic mass is 9.96. The van der Waals surface area contributed by atoms with Gasteiger partial charge in [0.05, 0.1) is 17.6 Å². The molecule has 0 saturated carbocycles. The van der Waals surface area contributed by atoms with E-state index in [0.717, 1.165) is 43.1 Å². The molecule has 1 aliphatic heterocycles. The minimum Gasteiger partial charge on any atom is -0.355 e. The van der Waals surface area contributed by atoms with Crippen molar-refractivity contribution in [2.24, 2.45) is 5.92 Å². The Bertz CT molecular complexity index is 638. The molecular formula is C16H19N5O. The van der Waals surface area contributed by atoms with Crippen molar-refractivity contribution in [3.05, 3.63) is 42.6 Å². The molecule has 2 aromatic rings. The summed E-state index contributed by atoms with van der Waals surface area (Å²) in [4.78, 5) is 27.1. The third kappa shape index (κ3) is 3.21. The molecular weight excluding hydrogens is 278 g/mol. The number of piperidine rings is 1. The van der Waals surface area contributed by atoms with Crippen LogP contribution in [0.15, 0.2) is 36.9 Å². The van der Waals surface area contributed by atoms with Gasteiger partial charge in [0, 0.05) is 37.6 Å². The number of hydrogen-bond acceptors (Lipinski definition) is 5. The summed E-state index contributed by atoms with van der Waals surface area (Å²) in [6, 6.07) is 3.72. The molecule has 6 heteroatoms. The summed E-state index contributed by atoms with van der Waals surface area (Å²) in [6.07, 6.45) is 8.49. The van der Waals surface area contributed by atoms with Gasteiger partial charge in [0.15, 0.2) is 0 Å². The number of pyridine rings is 1. The van der Waals surface area contributed by atoms with Crippen molar-refractivity contribution in [3.63, 3.8) is 0 Å². The Labute approximate surface area is 129 Å². The molecule has 0 radical (unpaired) electrons. The number of amides is 1. The zero-order valence-corrected chi connectivity index (χ0v) is 12.6. The lowest BCUT2D eigenvalue weighted by Gasteiger charge is -2.31. The van der Waals surface area contributed by atoms with Gasteiger partial charge in [0.1, 0.15) is 5.82 Å². The summed E-state index contributed by atoms with van der Waals surface area (Å²) in [7, 11) is 0. The molecule has 0 atom stereocenters. The minimum atomic E-state index is 0.0347. The van der Waals surface area contributed by atoms with Gasteiger partial charge in [-0.2, -0.15) is 0 Å². The van der Waals surface area contributed by atoms with Crippen molar-refractivity contribution >= 4 is 17.4 Å². The zero-order valence-electron chi connectivity index (χ0n) is 12.6. The number of anilines is 2. The quantitative estimate of drug-likeness (QED) is 0.938. The van der Waals surface area contributed by atoms with E-state index in [1.54, 1.807) is 24.8 Å². The predicted molar refractivity (Wildman–Crippen MR) is 84.6 cm³/mol. The Morgan fingerprint density at radius 1 is 1.23 bits per heavy atom. The van der Waals surface area contributed by atoms with Crippen LogP contribution in [-0.2, 0) is 4.79 Å². The molecule has 0 spiro atoms. The zero-order chi connectivity index (χ0) is 15.4. The first-order valence-electron chi connectivity index (χ1n) is 7.47. The monoisotopic (exact) mass is 297 g/mol. The molecule has 1 N–H and O–H groups in total. The lowest BCUT2D eigenvalue weighted by Crippen LogP contribution is -2.38. The third-order valence-corrected chi connectivity index (χ3v) is 4.00. The summed E-state index contributed by atoms with van der Waals surface area (Å²) in [5.74, 6) is 0.992. The third-order valence-electron chi connectivity index (χ3n) is 4.00. The second-order valence-electron chi connectivity index (χ2n) is 5.45. The molecule has 22 heavy (non-hydrogen) atoms. The number of aryl methyl sites for hydroxylation is 1. The van der Waals surface area contributed by atoms with Gasteiger partial charge < -0.3 is 10.2 Å². The fourth-order valence-corrected chi connectivity index (χ4v) is 2.68. The minimum absolute atomic E-state index is 0.0347. The molecule has 2 aromatic heterocycles. The van der Waals surface area contributed by atoms with Crippen LogP contribution in [0.3, 0.4) is 0 Å². The highest BCUT2D eigenvalue weighted by Gasteiger charge is 2.25. The van der Waals surface area contributed by atoms with Gasteiger partial charge in [0.25, 0.3) is 0 Å². The van der Waals surface area contributed by atoms with Gasteiger partial charge >= 0.3 is 0 Å². The molecule has 0 aromatic carbocycles. The summed E-state index contributed by atoms with van der Waals surface area (Å²) < 4.78 is 0. The largest absolute Gasteiger partial charge is 0.355 e. The number of carbonyl (C=O) groups excluding carboxylic acids is 1. The van der Waals surface area contributed by atoms with Crippen LogP contribution in [0, 0.1) is 12.8 Å². The second kappa shape index (κ2) is 6.51. The van der Waals surface area contributed by atoms with Gasteiger partial charge in [0.2, 0.25) is 5.91 Å². The van der Waals surface area contributed by atoms with E-state index in [2.05, 4.69) is 25.2 Å². The van der Waals surface area contributed by atoms with Crippen molar-refractivity contribution in [1.82, 2.24) is 15.0 Å². The van der Waals surface area contributed by atoms with Crippen LogP contribution < -0.4 is 10.2 Å². The highest BCUT2D eigenvalue weighted by molar-refractivity contribution is 5.93. The van der Waals surface area contributed by atoms with E-state index in [-0.39, 0.29) is 11.8 Å². The van der Waals surface area contributed by atoms with Crippen LogP contribution in [-0.4, -0.2) is 33.9 Å². The molecule has 1 saturated heterocycles. The van der Waals surface area contributed by atoms with Gasteiger partial charge in [-0.3, -0.25) is 14.8 Å². The Morgan fingerprint density at radius 2 is 2.05 bits per heavy atom. The molecule has 3 heterocycles. The van der Waals surface area contributed by atoms with Crippen molar-refractivity contribution in [2.45, 2.75) is 19.8 Å². The number of hydrogen-bond donors (Lipinski definition) is 1. The van der Waals surface area contributed by atoms with Crippen LogP contribution in [0.25, 0.3) is 0 Å². The van der Waals surface area contributed by atoms with Gasteiger partial charge in [-0.05, 0) is 31.9 Å². The maximum atomic E-state index is 12.4. The van der Waals surface area contributed by atoms with Crippen molar-refractivity contribution < 1.29 is 4.79 Å². The Morgan fingerprint density at radius 3 is 2.73 bits per heavy atom. The summed E-state index contributed by atoms with van der Waals surface area (Å²) in [5, 5.41) is 2.99. The van der Waals surface area contributed by atoms with Crippen molar-refractivity contribution in [1.29, 1.82) is 0 Å². The normalized spacial score (nSPS) is 15.6. The van der Waals surface area contributed by atoms with Crippen LogP contribution in [0.5, 0.6) is 0 Å². The summed E-state index contributed by atoms with van der Waals surface area (Å²) in [5.41, 5.74) is 1.64. The number of rotatable bonds is 3. The van der Waals surface area contributed by atoms with Crippen LogP contribution in [0.4, 0.5) is 11.5 Å². The van der Waals surface area contributed by atoms with Crippen molar-refractivity contribution in [3.8, 4) is 0 Å². The highest BCUT2D eigenvalue weighted by Crippen LogP contribution is 2.23. The van der Waals surface area contributed by atoms with E-state index in [1.807, 2.05) is 19.1 Å². The van der Waals surface area contributed by atoms with E-state index < -0.39 is 0 Å². The number of nitrogens with zero attached hydrogens (tertiary/aromatic N) is 4. The van der Waals surface area contributed by atoms with Crippen molar-refractivity contribution in [2.75, 3.05) is 23.3 Å². The van der Waals surface area contributed by atoms with E-state index in [4.69, 9.17) is 0 Å². The fraction of sp³-hybridized carbons (Fsp3) is 0.375. The molecule has 1 amide bonds. The number of nitrogens with one attached hydrogen (secondary N) is 1. The van der Waals surface area contributed by atoms with Crippen LogP contribution in [0.2, 0.25) is 0 Å². The van der Waals surface area contributed by atoms with E-state index >= 15 is 0 Å². The van der Waals surface area contributed by atoms with E-state index in [0.29, 0.717) is 0 Å². The van der Waals surface area contributed by atoms with Crippen LogP contribution in [0.1, 0.15) is 18.5 Å². The average molecular weight is 297 g/mol. The molecule has 6 nitrogen and oxygen atoms in total. The van der Waals surface area contributed by atoms with Gasteiger partial charge in [-0.1, -0.05) is 0 Å². The lowest BCUT2D eigenvalue weighted by molar-refractivity contribution is -0.120. The average Bonchev–Trinajstić information content (AvgIpc) is 2.58. The van der Waals surface area contributed by atoms with E-state index in [1.165, 1.54) is 0 Å². The second-order valence-corrected chi connectivity index (χ2v) is 5.45. The molecule has 1 aliphatic rings. The smallest absolute Gasteiger partial charge is 0.227 e. The first-order chi connectivity index (χ1) is 10.7. The fourth-order valence-electron chi connectivity index (χ4n) is 2.68. The summed E-state index contributed by atoms with van der Waals surface area (Å²) in [6.45, 7) is 3.54. The Kier molecular flexibility index (Phi) is 4.27. The number of carbonyl (C=O) groups is 1. The molecule has 1 fully saturated rings. The maximum absolute atomic E-state index is 12.4. The Hall–Kier alpha value is -2.50. The first kappa shape index (κ1) is 14.4. The maximum Gasteiger partial charge on any atom is 0.227 e. The van der Waals surface area contributed by atoms with Gasteiger partial charge in [-0.15, -0.1) is 0 Å². The molecule has 0 bridgehead atoms. The molecule has 0 aliphatic carbocycles. The Balaban J connectivity index is 1.57. The SMILES string of the molecule is Cc1ncccc1NC(=O)C1CCN(c2cnccn2)CC1. The van der Waals surface area contributed by atoms with Crippen LogP contribution >= 0.6 is 0 Å². The molecule has 3 rings (SSSR count). The predicted octanol–water partition coefficient (Wildman–Crippen LogP) is 2.04. The first-order valence-corrected chi connectivity index (χ1v) is 7.47. The van der Waals surface area contributed by atoms with E-state index in [9.17, 15) is 4.79 Å². The standard InChI is InChI=1S/C16H19N5O/c1-12-14(3-2-6-18-12)20-16(22)13-4-9-21(10-5-13)15-11-17-7-8-19-15/h2-3,6-8,11,13H,4-5,9-10H2,1H3,(H,20,22). The summed E-state index contributed by atoms with van der Waals surface area (Å²) >= 11 is 0. The van der Waals surface area contributed by atoms with Gasteiger partial charge in [-0.25, -0.2) is 4.98 Å². The molecule has 0 unspecified atom stereocenters. The topological polar surface area (TPSA) is 71.0 Å². The number of aromatic nitrogens is 3. The molecule has 114 valence electrons. The highest BCUT2D eigenvalue weighted by atomic mass is 16.1.